The SMILES string of the molecule is CCc1nnc2n1NC(c1ccc(Cl)cc1)C(C(=O)Nc1cccc(C)c1C)S2. The lowest BCUT2D eigenvalue weighted by Gasteiger charge is -2.33. The van der Waals surface area contributed by atoms with Gasteiger partial charge in [-0.3, -0.25) is 4.79 Å². The van der Waals surface area contributed by atoms with Crippen molar-refractivity contribution in [2.24, 2.45) is 0 Å². The van der Waals surface area contributed by atoms with Crippen LogP contribution >= 0.6 is 23.4 Å². The number of rotatable bonds is 4. The van der Waals surface area contributed by atoms with E-state index in [-0.39, 0.29) is 11.9 Å². The summed E-state index contributed by atoms with van der Waals surface area (Å²) >= 11 is 7.49. The molecule has 1 aliphatic heterocycles. The van der Waals surface area contributed by atoms with E-state index in [2.05, 4.69) is 20.9 Å². The Morgan fingerprint density at radius 2 is 1.97 bits per heavy atom. The van der Waals surface area contributed by atoms with Crippen molar-refractivity contribution >= 4 is 35.0 Å². The lowest BCUT2D eigenvalue weighted by Crippen LogP contribution is -2.41. The van der Waals surface area contributed by atoms with Crippen molar-refractivity contribution in [3.05, 3.63) is 70.0 Å². The molecule has 0 spiro atoms. The van der Waals surface area contributed by atoms with E-state index in [4.69, 9.17) is 11.6 Å². The minimum absolute atomic E-state index is 0.0801. The third kappa shape index (κ3) is 3.84. The van der Waals surface area contributed by atoms with Crippen LogP contribution in [-0.4, -0.2) is 26.0 Å². The fraction of sp³-hybridized carbons (Fsp3) is 0.286. The van der Waals surface area contributed by atoms with Crippen molar-refractivity contribution in [1.82, 2.24) is 14.9 Å². The summed E-state index contributed by atoms with van der Waals surface area (Å²) in [6.45, 7) is 6.07. The van der Waals surface area contributed by atoms with Gasteiger partial charge in [0, 0.05) is 17.1 Å². The van der Waals surface area contributed by atoms with Crippen LogP contribution in [0.25, 0.3) is 0 Å². The van der Waals surface area contributed by atoms with E-state index in [9.17, 15) is 4.79 Å². The van der Waals surface area contributed by atoms with E-state index in [1.165, 1.54) is 11.8 Å². The second-order valence-corrected chi connectivity index (χ2v) is 8.57. The first-order valence-corrected chi connectivity index (χ1v) is 10.7. The molecule has 1 amide bonds. The maximum absolute atomic E-state index is 13.3. The lowest BCUT2D eigenvalue weighted by molar-refractivity contribution is -0.116. The number of amides is 1. The summed E-state index contributed by atoms with van der Waals surface area (Å²) in [7, 11) is 0. The van der Waals surface area contributed by atoms with Crippen molar-refractivity contribution in [3.63, 3.8) is 0 Å². The Balaban J connectivity index is 1.69. The van der Waals surface area contributed by atoms with E-state index in [0.29, 0.717) is 10.2 Å². The largest absolute Gasteiger partial charge is 0.325 e. The summed E-state index contributed by atoms with van der Waals surface area (Å²) in [5, 5.41) is 12.5. The van der Waals surface area contributed by atoms with Gasteiger partial charge in [0.15, 0.2) is 5.82 Å². The summed E-state index contributed by atoms with van der Waals surface area (Å²) < 4.78 is 1.88. The Morgan fingerprint density at radius 1 is 1.21 bits per heavy atom. The molecule has 2 N–H and O–H groups in total. The first-order valence-electron chi connectivity index (χ1n) is 9.48. The standard InChI is InChI=1S/C21H22ClN5OS/c1-4-17-24-25-21-27(17)26-18(14-8-10-15(22)11-9-14)19(29-21)20(28)23-16-7-5-6-12(2)13(16)3/h5-11,18-19,26H,4H2,1-3H3,(H,23,28). The highest BCUT2D eigenvalue weighted by Crippen LogP contribution is 2.38. The number of thioether (sulfide) groups is 1. The van der Waals surface area contributed by atoms with Crippen LogP contribution in [0, 0.1) is 13.8 Å². The number of hydrogen-bond donors (Lipinski definition) is 2. The summed E-state index contributed by atoms with van der Waals surface area (Å²) in [5.74, 6) is 0.753. The number of halogens is 1. The van der Waals surface area contributed by atoms with Gasteiger partial charge in [0.25, 0.3) is 0 Å². The minimum Gasteiger partial charge on any atom is -0.325 e. The third-order valence-electron chi connectivity index (χ3n) is 5.17. The van der Waals surface area contributed by atoms with Crippen LogP contribution in [0.3, 0.4) is 0 Å². The van der Waals surface area contributed by atoms with Gasteiger partial charge in [-0.1, -0.05) is 54.6 Å². The molecule has 0 fully saturated rings. The van der Waals surface area contributed by atoms with Gasteiger partial charge in [0.1, 0.15) is 5.25 Å². The molecule has 0 saturated heterocycles. The topological polar surface area (TPSA) is 71.8 Å². The highest BCUT2D eigenvalue weighted by molar-refractivity contribution is 8.00. The number of fused-ring (bicyclic) bond motifs is 1. The Kier molecular flexibility index (Phi) is 5.52. The molecule has 2 unspecified atom stereocenters. The van der Waals surface area contributed by atoms with E-state index in [1.807, 2.05) is 67.9 Å². The van der Waals surface area contributed by atoms with Gasteiger partial charge in [0.05, 0.1) is 6.04 Å². The number of hydrogen-bond acceptors (Lipinski definition) is 5. The van der Waals surface area contributed by atoms with Crippen LogP contribution in [0.5, 0.6) is 0 Å². The van der Waals surface area contributed by atoms with Gasteiger partial charge >= 0.3 is 0 Å². The van der Waals surface area contributed by atoms with Crippen molar-refractivity contribution in [2.45, 2.75) is 43.6 Å². The molecule has 3 aromatic rings. The second kappa shape index (κ2) is 8.08. The van der Waals surface area contributed by atoms with Crippen LogP contribution in [0.15, 0.2) is 47.6 Å². The van der Waals surface area contributed by atoms with E-state index in [1.54, 1.807) is 0 Å². The Labute approximate surface area is 179 Å². The van der Waals surface area contributed by atoms with E-state index < -0.39 is 5.25 Å². The van der Waals surface area contributed by atoms with Gasteiger partial charge in [0.2, 0.25) is 11.1 Å². The first kappa shape index (κ1) is 19.8. The molecule has 8 heteroatoms. The summed E-state index contributed by atoms with van der Waals surface area (Å²) in [4.78, 5) is 13.3. The zero-order valence-corrected chi connectivity index (χ0v) is 18.0. The molecule has 2 atom stereocenters. The smallest absolute Gasteiger partial charge is 0.240 e. The molecule has 29 heavy (non-hydrogen) atoms. The van der Waals surface area contributed by atoms with E-state index >= 15 is 0 Å². The van der Waals surface area contributed by atoms with E-state index in [0.717, 1.165) is 34.6 Å². The molecule has 0 aliphatic carbocycles. The van der Waals surface area contributed by atoms with Crippen molar-refractivity contribution < 1.29 is 4.79 Å². The number of carbonyl (C=O) groups excluding carboxylic acids is 1. The fourth-order valence-electron chi connectivity index (χ4n) is 3.34. The molecule has 0 bridgehead atoms. The molecule has 1 aromatic heterocycles. The normalized spacial score (nSPS) is 18.1. The Bertz CT molecular complexity index is 1050. The van der Waals surface area contributed by atoms with Crippen molar-refractivity contribution in [3.8, 4) is 0 Å². The molecule has 6 nitrogen and oxygen atoms in total. The van der Waals surface area contributed by atoms with Gasteiger partial charge in [-0.15, -0.1) is 10.2 Å². The van der Waals surface area contributed by atoms with Crippen LogP contribution in [0.2, 0.25) is 5.02 Å². The minimum atomic E-state index is -0.419. The zero-order valence-electron chi connectivity index (χ0n) is 16.4. The average Bonchev–Trinajstić information content (AvgIpc) is 3.13. The van der Waals surface area contributed by atoms with Crippen LogP contribution < -0.4 is 10.7 Å². The molecule has 0 saturated carbocycles. The molecule has 150 valence electrons. The number of nitrogens with zero attached hydrogens (tertiary/aromatic N) is 3. The monoisotopic (exact) mass is 427 g/mol. The zero-order chi connectivity index (χ0) is 20.5. The second-order valence-electron chi connectivity index (χ2n) is 7.02. The van der Waals surface area contributed by atoms with Crippen LogP contribution in [0.1, 0.15) is 35.5 Å². The highest BCUT2D eigenvalue weighted by Gasteiger charge is 2.37. The van der Waals surface area contributed by atoms with Crippen LogP contribution in [-0.2, 0) is 11.2 Å². The van der Waals surface area contributed by atoms with Crippen molar-refractivity contribution in [2.75, 3.05) is 10.7 Å². The number of aryl methyl sites for hydroxylation is 2. The fourth-order valence-corrected chi connectivity index (χ4v) is 4.56. The third-order valence-corrected chi connectivity index (χ3v) is 6.64. The predicted octanol–water partition coefficient (Wildman–Crippen LogP) is 4.51. The summed E-state index contributed by atoms with van der Waals surface area (Å²) in [6.07, 6.45) is 0.743. The molecular weight excluding hydrogens is 406 g/mol. The van der Waals surface area contributed by atoms with Crippen molar-refractivity contribution in [1.29, 1.82) is 0 Å². The molecule has 0 radical (unpaired) electrons. The number of anilines is 1. The molecule has 4 rings (SSSR count). The van der Waals surface area contributed by atoms with Crippen LogP contribution in [0.4, 0.5) is 5.69 Å². The quantitative estimate of drug-likeness (QED) is 0.641. The Morgan fingerprint density at radius 3 is 2.69 bits per heavy atom. The first-order chi connectivity index (χ1) is 14.0. The van der Waals surface area contributed by atoms with Gasteiger partial charge in [-0.05, 0) is 48.7 Å². The van der Waals surface area contributed by atoms with Gasteiger partial charge < -0.3 is 10.7 Å². The average molecular weight is 428 g/mol. The molecule has 2 aromatic carbocycles. The number of nitrogens with one attached hydrogen (secondary N) is 2. The lowest BCUT2D eigenvalue weighted by atomic mass is 10.0. The van der Waals surface area contributed by atoms with Gasteiger partial charge in [-0.25, -0.2) is 4.68 Å². The molecule has 1 aliphatic rings. The Hall–Kier alpha value is -2.51. The predicted molar refractivity (Wildman–Crippen MR) is 117 cm³/mol. The number of carbonyl (C=O) groups is 1. The summed E-state index contributed by atoms with van der Waals surface area (Å²) in [6, 6.07) is 13.2. The maximum Gasteiger partial charge on any atom is 0.240 e. The number of aromatic nitrogens is 3. The maximum atomic E-state index is 13.3. The molecule has 2 heterocycles. The highest BCUT2D eigenvalue weighted by atomic mass is 35.5. The summed E-state index contributed by atoms with van der Waals surface area (Å²) in [5.41, 5.74) is 7.45. The van der Waals surface area contributed by atoms with Gasteiger partial charge in [-0.2, -0.15) is 0 Å². The molecular formula is C21H22ClN5OS. The number of benzene rings is 2.